The van der Waals surface area contributed by atoms with Crippen molar-refractivity contribution < 1.29 is 0 Å². The monoisotopic (exact) mass is 250 g/mol. The van der Waals surface area contributed by atoms with E-state index in [4.69, 9.17) is 0 Å². The average molecular weight is 250 g/mol. The first kappa shape index (κ1) is 13.6. The van der Waals surface area contributed by atoms with Crippen molar-refractivity contribution >= 4 is 0 Å². The Labute approximate surface area is 110 Å². The maximum atomic E-state index is 4.10. The molecule has 1 aromatic rings. The molecule has 0 aromatic carbocycles. The molecule has 0 amide bonds. The molecule has 4 nitrogen and oxygen atoms in total. The summed E-state index contributed by atoms with van der Waals surface area (Å²) in [4.78, 5) is 6.72. The first-order chi connectivity index (χ1) is 8.88. The van der Waals surface area contributed by atoms with Gasteiger partial charge in [0, 0.05) is 32.0 Å². The molecule has 1 saturated heterocycles. The van der Waals surface area contributed by atoms with Crippen LogP contribution >= 0.6 is 0 Å². The van der Waals surface area contributed by atoms with Crippen LogP contribution in [0.3, 0.4) is 0 Å². The topological polar surface area (TPSA) is 33.1 Å². The number of nitrogens with zero attached hydrogens (tertiary/aromatic N) is 3. The van der Waals surface area contributed by atoms with Gasteiger partial charge in [0.05, 0.1) is 6.33 Å². The highest BCUT2D eigenvalue weighted by Gasteiger charge is 2.16. The number of hydrogen-bond donors (Lipinski definition) is 1. The average Bonchev–Trinajstić information content (AvgIpc) is 2.91. The van der Waals surface area contributed by atoms with Crippen molar-refractivity contribution in [1.82, 2.24) is 19.8 Å². The molecule has 2 rings (SSSR count). The summed E-state index contributed by atoms with van der Waals surface area (Å²) in [5.74, 6) is 0.889. The minimum atomic E-state index is 0.889. The van der Waals surface area contributed by atoms with Gasteiger partial charge in [-0.2, -0.15) is 0 Å². The zero-order valence-corrected chi connectivity index (χ0v) is 11.5. The van der Waals surface area contributed by atoms with Crippen LogP contribution in [-0.2, 0) is 6.54 Å². The molecule has 0 atom stereocenters. The molecule has 0 aliphatic carbocycles. The van der Waals surface area contributed by atoms with E-state index >= 15 is 0 Å². The molecule has 2 heterocycles. The largest absolute Gasteiger partial charge is 0.336 e. The maximum absolute atomic E-state index is 4.10. The van der Waals surface area contributed by atoms with Gasteiger partial charge in [0.1, 0.15) is 0 Å². The van der Waals surface area contributed by atoms with E-state index in [1.54, 1.807) is 0 Å². The molecule has 4 heteroatoms. The fourth-order valence-corrected chi connectivity index (χ4v) is 2.72. The summed E-state index contributed by atoms with van der Waals surface area (Å²) in [7, 11) is 0. The first-order valence-electron chi connectivity index (χ1n) is 7.27. The molecule has 0 saturated carbocycles. The lowest BCUT2D eigenvalue weighted by Gasteiger charge is -2.30. The van der Waals surface area contributed by atoms with Gasteiger partial charge >= 0.3 is 0 Å². The second kappa shape index (κ2) is 7.54. The van der Waals surface area contributed by atoms with Crippen LogP contribution in [0.5, 0.6) is 0 Å². The lowest BCUT2D eigenvalue weighted by atomic mass is 9.97. The number of nitrogens with one attached hydrogen (secondary N) is 1. The molecular weight excluding hydrogens is 224 g/mol. The van der Waals surface area contributed by atoms with Crippen LogP contribution in [0, 0.1) is 5.92 Å². The minimum Gasteiger partial charge on any atom is -0.336 e. The lowest BCUT2D eigenvalue weighted by Crippen LogP contribution is -2.37. The van der Waals surface area contributed by atoms with Gasteiger partial charge in [0.25, 0.3) is 0 Å². The first-order valence-corrected chi connectivity index (χ1v) is 7.27. The Morgan fingerprint density at radius 3 is 2.83 bits per heavy atom. The van der Waals surface area contributed by atoms with Crippen LogP contribution in [0.4, 0.5) is 0 Å². The third-order valence-electron chi connectivity index (χ3n) is 3.75. The number of hydrogen-bond acceptors (Lipinski definition) is 3. The molecule has 1 N–H and O–H groups in total. The van der Waals surface area contributed by atoms with Crippen molar-refractivity contribution in [2.45, 2.75) is 32.7 Å². The molecule has 102 valence electrons. The summed E-state index contributed by atoms with van der Waals surface area (Å²) >= 11 is 0. The molecule has 0 bridgehead atoms. The third-order valence-corrected chi connectivity index (χ3v) is 3.75. The van der Waals surface area contributed by atoms with E-state index in [-0.39, 0.29) is 0 Å². The quantitative estimate of drug-likeness (QED) is 0.798. The van der Waals surface area contributed by atoms with Gasteiger partial charge in [-0.1, -0.05) is 6.92 Å². The van der Waals surface area contributed by atoms with Crippen molar-refractivity contribution in [1.29, 1.82) is 0 Å². The smallest absolute Gasteiger partial charge is 0.0946 e. The highest BCUT2D eigenvalue weighted by atomic mass is 15.2. The second-order valence-corrected chi connectivity index (χ2v) is 5.29. The summed E-state index contributed by atoms with van der Waals surface area (Å²) in [5, 5.41) is 3.44. The van der Waals surface area contributed by atoms with Crippen molar-refractivity contribution in [2.75, 3.05) is 32.7 Å². The van der Waals surface area contributed by atoms with Gasteiger partial charge < -0.3 is 14.8 Å². The van der Waals surface area contributed by atoms with Gasteiger partial charge in [-0.15, -0.1) is 0 Å². The van der Waals surface area contributed by atoms with E-state index in [1.165, 1.54) is 45.4 Å². The van der Waals surface area contributed by atoms with Gasteiger partial charge in [0.15, 0.2) is 0 Å². The Morgan fingerprint density at radius 2 is 2.17 bits per heavy atom. The molecule has 1 aromatic heterocycles. The van der Waals surface area contributed by atoms with E-state index in [9.17, 15) is 0 Å². The van der Waals surface area contributed by atoms with Gasteiger partial charge in [-0.05, 0) is 44.8 Å². The van der Waals surface area contributed by atoms with Crippen molar-refractivity contribution in [2.24, 2.45) is 5.92 Å². The molecule has 1 aliphatic rings. The van der Waals surface area contributed by atoms with E-state index < -0.39 is 0 Å². The van der Waals surface area contributed by atoms with Gasteiger partial charge in [-0.3, -0.25) is 0 Å². The fraction of sp³-hybridized carbons (Fsp3) is 0.786. The predicted molar refractivity (Wildman–Crippen MR) is 74.6 cm³/mol. The number of rotatable bonds is 7. The Kier molecular flexibility index (Phi) is 5.68. The van der Waals surface area contributed by atoms with Crippen molar-refractivity contribution in [3.8, 4) is 0 Å². The highest BCUT2D eigenvalue weighted by Crippen LogP contribution is 2.13. The fourth-order valence-electron chi connectivity index (χ4n) is 2.72. The van der Waals surface area contributed by atoms with Crippen LogP contribution in [0.25, 0.3) is 0 Å². The third kappa shape index (κ3) is 4.42. The zero-order valence-electron chi connectivity index (χ0n) is 11.5. The molecule has 18 heavy (non-hydrogen) atoms. The van der Waals surface area contributed by atoms with Crippen LogP contribution in [0.15, 0.2) is 18.7 Å². The summed E-state index contributed by atoms with van der Waals surface area (Å²) < 4.78 is 2.17. The Balaban J connectivity index is 1.75. The highest BCUT2D eigenvalue weighted by molar-refractivity contribution is 4.76. The van der Waals surface area contributed by atoms with Crippen LogP contribution < -0.4 is 5.32 Å². The van der Waals surface area contributed by atoms with Crippen LogP contribution in [0.2, 0.25) is 0 Å². The molecule has 0 radical (unpaired) electrons. The Bertz CT molecular complexity index is 304. The molecule has 0 unspecified atom stereocenters. The summed E-state index contributed by atoms with van der Waals surface area (Å²) in [6.45, 7) is 9.37. The number of aromatic nitrogens is 2. The van der Waals surface area contributed by atoms with Crippen LogP contribution in [-0.4, -0.2) is 47.2 Å². The number of piperidine rings is 1. The summed E-state index contributed by atoms with van der Waals surface area (Å²) in [6.07, 6.45) is 9.74. The summed E-state index contributed by atoms with van der Waals surface area (Å²) in [6, 6.07) is 0. The Hall–Kier alpha value is -0.870. The van der Waals surface area contributed by atoms with Crippen molar-refractivity contribution in [3.05, 3.63) is 18.7 Å². The molecule has 0 spiro atoms. The van der Waals surface area contributed by atoms with E-state index in [0.717, 1.165) is 19.0 Å². The Morgan fingerprint density at radius 1 is 1.33 bits per heavy atom. The molecular formula is C14H26N4. The van der Waals surface area contributed by atoms with Gasteiger partial charge in [-0.25, -0.2) is 4.98 Å². The molecule has 1 aliphatic heterocycles. The normalized spacial score (nSPS) is 17.4. The van der Waals surface area contributed by atoms with E-state index in [2.05, 4.69) is 32.9 Å². The number of imidazole rings is 1. The molecule has 1 fully saturated rings. The standard InChI is InChI=1S/C14H26N4/c1-2-8-17(10-11-18-9-7-16-13-18)12-14-3-5-15-6-4-14/h7,9,13-15H,2-6,8,10-12H2,1H3. The predicted octanol–water partition coefficient (Wildman–Crippen LogP) is 1.59. The zero-order chi connectivity index (χ0) is 12.6. The SMILES string of the molecule is CCCN(CCn1ccnc1)CC1CCNCC1. The second-order valence-electron chi connectivity index (χ2n) is 5.29. The maximum Gasteiger partial charge on any atom is 0.0946 e. The minimum absolute atomic E-state index is 0.889. The van der Waals surface area contributed by atoms with Crippen LogP contribution in [0.1, 0.15) is 26.2 Å². The van der Waals surface area contributed by atoms with E-state index in [1.807, 2.05) is 12.5 Å². The van der Waals surface area contributed by atoms with Gasteiger partial charge in [0.2, 0.25) is 0 Å². The van der Waals surface area contributed by atoms with Crippen molar-refractivity contribution in [3.63, 3.8) is 0 Å². The lowest BCUT2D eigenvalue weighted by molar-refractivity contribution is 0.199. The van der Waals surface area contributed by atoms with E-state index in [0.29, 0.717) is 0 Å². The summed E-state index contributed by atoms with van der Waals surface area (Å²) in [5.41, 5.74) is 0.